The third-order valence-electron chi connectivity index (χ3n) is 3.50. The van der Waals surface area contributed by atoms with Crippen LogP contribution in [0, 0.1) is 0 Å². The van der Waals surface area contributed by atoms with Gasteiger partial charge in [-0.1, -0.05) is 17.7 Å². The van der Waals surface area contributed by atoms with E-state index in [-0.39, 0.29) is 11.7 Å². The molecule has 1 amide bonds. The van der Waals surface area contributed by atoms with Crippen molar-refractivity contribution in [2.45, 2.75) is 0 Å². The van der Waals surface area contributed by atoms with E-state index in [1.165, 1.54) is 0 Å². The second-order valence-electron chi connectivity index (χ2n) is 6.71. The average Bonchev–Trinajstić information content (AvgIpc) is 3.14. The molecule has 0 aliphatic carbocycles. The van der Waals surface area contributed by atoms with Gasteiger partial charge in [0.1, 0.15) is 11.4 Å². The molecule has 8 N–H and O–H groups in total. The summed E-state index contributed by atoms with van der Waals surface area (Å²) in [5.41, 5.74) is 12.7. The number of nitrogens with one attached hydrogen (secondary N) is 2. The highest BCUT2D eigenvalue weighted by Crippen LogP contribution is 2.34. The predicted octanol–water partition coefficient (Wildman–Crippen LogP) is 1.88. The number of amides is 1. The third-order valence-corrected chi connectivity index (χ3v) is 3.83. The zero-order chi connectivity index (χ0) is 27.0. The van der Waals surface area contributed by atoms with Gasteiger partial charge in [0.05, 0.1) is 23.1 Å². The third kappa shape index (κ3) is 12.1. The number of hydrogen-bond acceptors (Lipinski definition) is 7. The Morgan fingerprint density at radius 1 is 1.09 bits per heavy atom. The number of nitrogens with zero attached hydrogens (tertiary/aromatic N) is 1. The van der Waals surface area contributed by atoms with Crippen LogP contribution in [-0.4, -0.2) is 62.4 Å². The molecule has 0 saturated heterocycles. The lowest BCUT2D eigenvalue weighted by Gasteiger charge is -2.08. The molecule has 0 spiro atoms. The van der Waals surface area contributed by atoms with Crippen molar-refractivity contribution in [1.29, 1.82) is 0 Å². The zero-order valence-electron chi connectivity index (χ0n) is 18.7. The standard InChI is InChI=1S/C17H16ClN5O2.2CH4O3S/c1-21-17(20)23-16(24)13-8-11-12(18)5-6-14(15(11)22-13)25-10-4-2-3-9(19)7-10;2*1-5(2,3)4/h2-8,22H,19H2,1H3,(H3,20,21,23,24);2*1H3,(H,2,3,4). The molecule has 0 bridgehead atoms. The molecule has 1 aromatic heterocycles. The number of halogens is 1. The van der Waals surface area contributed by atoms with Crippen LogP contribution in [0.15, 0.2) is 47.5 Å². The fraction of sp³-hybridized carbons (Fsp3) is 0.158. The Labute approximate surface area is 206 Å². The van der Waals surface area contributed by atoms with Gasteiger partial charge in [0.15, 0.2) is 11.7 Å². The number of nitrogens with two attached hydrogens (primary N) is 2. The number of carbonyl (C=O) groups excluding carboxylic acids is 1. The molecule has 3 aromatic rings. The van der Waals surface area contributed by atoms with Crippen LogP contribution in [0.5, 0.6) is 11.5 Å². The van der Waals surface area contributed by atoms with E-state index in [2.05, 4.69) is 15.3 Å². The molecule has 1 heterocycles. The maximum atomic E-state index is 12.2. The number of H-pyrrole nitrogens is 1. The Hall–Kier alpha value is -3.37. The molecule has 2 aromatic carbocycles. The molecule has 192 valence electrons. The molecular weight excluding hydrogens is 526 g/mol. The molecular formula is C19H24ClN5O8S2. The summed E-state index contributed by atoms with van der Waals surface area (Å²) in [6, 6.07) is 12.1. The minimum atomic E-state index is -3.67. The fourth-order valence-corrected chi connectivity index (χ4v) is 2.50. The summed E-state index contributed by atoms with van der Waals surface area (Å²) in [7, 11) is -5.76. The van der Waals surface area contributed by atoms with Gasteiger partial charge in [-0.3, -0.25) is 13.9 Å². The zero-order valence-corrected chi connectivity index (χ0v) is 21.1. The first-order valence-electron chi connectivity index (χ1n) is 9.23. The number of ether oxygens (including phenoxy) is 1. The second-order valence-corrected chi connectivity index (χ2v) is 10.0. The van der Waals surface area contributed by atoms with Crippen LogP contribution in [0.25, 0.3) is 10.9 Å². The number of carbonyl (C=O) groups is 1. The number of benzene rings is 2. The molecule has 3 rings (SSSR count). The van der Waals surface area contributed by atoms with Gasteiger partial charge in [-0.2, -0.15) is 21.8 Å². The van der Waals surface area contributed by atoms with Gasteiger partial charge in [-0.05, 0) is 30.3 Å². The van der Waals surface area contributed by atoms with Gasteiger partial charge in [-0.25, -0.2) is 0 Å². The molecule has 16 heteroatoms. The normalized spacial score (nSPS) is 11.5. The van der Waals surface area contributed by atoms with Crippen molar-refractivity contribution in [2.24, 2.45) is 10.7 Å². The summed E-state index contributed by atoms with van der Waals surface area (Å²) in [4.78, 5) is 18.9. The summed E-state index contributed by atoms with van der Waals surface area (Å²) in [6.45, 7) is 0. The molecule has 35 heavy (non-hydrogen) atoms. The van der Waals surface area contributed by atoms with Crippen molar-refractivity contribution in [3.63, 3.8) is 0 Å². The second kappa shape index (κ2) is 12.4. The summed E-state index contributed by atoms with van der Waals surface area (Å²) in [6.07, 6.45) is 1.43. The van der Waals surface area contributed by atoms with E-state index in [1.807, 2.05) is 0 Å². The average molecular weight is 550 g/mol. The van der Waals surface area contributed by atoms with Crippen molar-refractivity contribution in [2.75, 3.05) is 25.3 Å². The van der Waals surface area contributed by atoms with Gasteiger partial charge in [0.25, 0.3) is 26.1 Å². The first-order valence-corrected chi connectivity index (χ1v) is 13.3. The van der Waals surface area contributed by atoms with Crippen molar-refractivity contribution in [3.05, 3.63) is 53.2 Å². The van der Waals surface area contributed by atoms with Gasteiger partial charge in [0.2, 0.25) is 0 Å². The van der Waals surface area contributed by atoms with E-state index in [0.29, 0.717) is 45.6 Å². The largest absolute Gasteiger partial charge is 0.455 e. The maximum Gasteiger partial charge on any atom is 0.296 e. The maximum absolute atomic E-state index is 12.2. The minimum absolute atomic E-state index is 0.0194. The van der Waals surface area contributed by atoms with E-state index in [0.717, 1.165) is 0 Å². The Kier molecular flexibility index (Phi) is 10.5. The van der Waals surface area contributed by atoms with Gasteiger partial charge in [0, 0.05) is 24.2 Å². The van der Waals surface area contributed by atoms with Crippen molar-refractivity contribution in [3.8, 4) is 11.5 Å². The highest BCUT2D eigenvalue weighted by molar-refractivity contribution is 7.85. The molecule has 0 saturated carbocycles. The fourth-order valence-electron chi connectivity index (χ4n) is 2.29. The molecule has 0 aliphatic heterocycles. The minimum Gasteiger partial charge on any atom is -0.455 e. The quantitative estimate of drug-likeness (QED) is 0.119. The van der Waals surface area contributed by atoms with E-state index in [1.54, 1.807) is 49.5 Å². The van der Waals surface area contributed by atoms with Crippen LogP contribution >= 0.6 is 11.6 Å². The summed E-state index contributed by atoms with van der Waals surface area (Å²) in [5, 5.41) is 3.72. The van der Waals surface area contributed by atoms with Crippen LogP contribution in [-0.2, 0) is 20.2 Å². The highest BCUT2D eigenvalue weighted by atomic mass is 35.5. The molecule has 0 aliphatic rings. The lowest BCUT2D eigenvalue weighted by atomic mass is 10.2. The monoisotopic (exact) mass is 549 g/mol. The van der Waals surface area contributed by atoms with Crippen LogP contribution in [0.4, 0.5) is 5.69 Å². The van der Waals surface area contributed by atoms with Crippen molar-refractivity contribution in [1.82, 2.24) is 10.3 Å². The Bertz CT molecular complexity index is 1390. The molecule has 0 radical (unpaired) electrons. The lowest BCUT2D eigenvalue weighted by Crippen LogP contribution is -2.28. The Morgan fingerprint density at radius 3 is 2.17 bits per heavy atom. The number of guanidine groups is 1. The van der Waals surface area contributed by atoms with E-state index in [9.17, 15) is 21.6 Å². The number of fused-ring (bicyclic) bond motifs is 1. The van der Waals surface area contributed by atoms with Crippen LogP contribution < -0.4 is 21.5 Å². The van der Waals surface area contributed by atoms with E-state index >= 15 is 0 Å². The van der Waals surface area contributed by atoms with Crippen molar-refractivity contribution >= 4 is 60.3 Å². The predicted molar refractivity (Wildman–Crippen MR) is 134 cm³/mol. The number of rotatable bonds is 3. The molecule has 13 nitrogen and oxygen atoms in total. The van der Waals surface area contributed by atoms with Crippen LogP contribution in [0.2, 0.25) is 5.02 Å². The number of anilines is 1. The number of aliphatic imine (C=N–C) groups is 1. The first kappa shape index (κ1) is 29.7. The Morgan fingerprint density at radius 2 is 1.66 bits per heavy atom. The van der Waals surface area contributed by atoms with Gasteiger partial charge < -0.3 is 26.5 Å². The van der Waals surface area contributed by atoms with Crippen molar-refractivity contribution < 1.29 is 35.5 Å². The number of hydrogen-bond donors (Lipinski definition) is 6. The summed E-state index contributed by atoms with van der Waals surface area (Å²) >= 11 is 6.23. The number of aromatic amines is 1. The van der Waals surface area contributed by atoms with Crippen LogP contribution in [0.1, 0.15) is 10.5 Å². The van der Waals surface area contributed by atoms with Gasteiger partial charge in [-0.15, -0.1) is 0 Å². The molecule has 0 fully saturated rings. The smallest absolute Gasteiger partial charge is 0.296 e. The number of aromatic nitrogens is 1. The lowest BCUT2D eigenvalue weighted by molar-refractivity contribution is 0.0998. The number of nitrogen functional groups attached to an aromatic ring is 1. The highest BCUT2D eigenvalue weighted by Gasteiger charge is 2.15. The van der Waals surface area contributed by atoms with Crippen LogP contribution in [0.3, 0.4) is 0 Å². The molecule has 0 unspecified atom stereocenters. The summed E-state index contributed by atoms with van der Waals surface area (Å²) < 4.78 is 57.6. The summed E-state index contributed by atoms with van der Waals surface area (Å²) in [5.74, 6) is 0.582. The first-order chi connectivity index (χ1) is 16.0. The SMILES string of the molecule is CNC(N)=NC(=O)c1cc2c(Cl)ccc(Oc3cccc(N)c3)c2[nH]1.CS(=O)(=O)O.CS(=O)(=O)O. The molecule has 0 atom stereocenters. The Balaban J connectivity index is 0.000000519. The van der Waals surface area contributed by atoms with E-state index in [4.69, 9.17) is 36.9 Å². The topological polar surface area (TPSA) is 227 Å². The van der Waals surface area contributed by atoms with E-state index < -0.39 is 26.1 Å². The van der Waals surface area contributed by atoms with Gasteiger partial charge >= 0.3 is 0 Å².